The number of aryl methyl sites for hydroxylation is 1. The number of ether oxygens (including phenoxy) is 1. The van der Waals surface area contributed by atoms with Crippen LogP contribution >= 0.6 is 11.8 Å². The van der Waals surface area contributed by atoms with Crippen LogP contribution in [0.1, 0.15) is 16.8 Å². The van der Waals surface area contributed by atoms with Crippen LogP contribution in [0.25, 0.3) is 0 Å². The average molecular weight is 270 g/mol. The van der Waals surface area contributed by atoms with Crippen LogP contribution in [0.3, 0.4) is 0 Å². The zero-order chi connectivity index (χ0) is 13.7. The van der Waals surface area contributed by atoms with Gasteiger partial charge in [0.25, 0.3) is 0 Å². The van der Waals surface area contributed by atoms with Gasteiger partial charge in [0.15, 0.2) is 0 Å². The first-order valence-corrected chi connectivity index (χ1v) is 6.84. The van der Waals surface area contributed by atoms with Crippen molar-refractivity contribution in [3.05, 3.63) is 53.3 Å². The third kappa shape index (κ3) is 3.49. The highest BCUT2D eigenvalue weighted by atomic mass is 32.2. The summed E-state index contributed by atoms with van der Waals surface area (Å²) in [5.74, 6) is 1.71. The molecule has 0 unspecified atom stereocenters. The van der Waals surface area contributed by atoms with E-state index in [1.807, 2.05) is 43.5 Å². The van der Waals surface area contributed by atoms with Gasteiger partial charge < -0.3 is 4.74 Å². The van der Waals surface area contributed by atoms with Crippen LogP contribution in [-0.4, -0.2) is 12.1 Å². The molecule has 1 aromatic carbocycles. The molecule has 0 fully saturated rings. The number of hydrogen-bond donors (Lipinski definition) is 0. The second-order valence-corrected chi connectivity index (χ2v) is 5.10. The number of pyridine rings is 1. The summed E-state index contributed by atoms with van der Waals surface area (Å²) < 4.78 is 5.12. The Morgan fingerprint density at radius 1 is 1.32 bits per heavy atom. The number of aromatic nitrogens is 1. The molecule has 0 spiro atoms. The third-order valence-electron chi connectivity index (χ3n) is 2.75. The topological polar surface area (TPSA) is 45.9 Å². The summed E-state index contributed by atoms with van der Waals surface area (Å²) in [5, 5.41) is 8.97. The lowest BCUT2D eigenvalue weighted by molar-refractivity contribution is 0.414. The quantitative estimate of drug-likeness (QED) is 0.797. The van der Waals surface area contributed by atoms with Crippen molar-refractivity contribution in [1.82, 2.24) is 4.98 Å². The predicted octanol–water partition coefficient (Wildman–Crippen LogP) is 3.56. The molecule has 1 heterocycles. The molecule has 0 bridgehead atoms. The van der Waals surface area contributed by atoms with Gasteiger partial charge in [0.1, 0.15) is 11.8 Å². The Morgan fingerprint density at radius 3 is 2.68 bits per heavy atom. The Balaban J connectivity index is 2.04. The van der Waals surface area contributed by atoms with Crippen LogP contribution in [0, 0.1) is 18.3 Å². The van der Waals surface area contributed by atoms with Crippen LogP contribution < -0.4 is 4.74 Å². The fourth-order valence-electron chi connectivity index (χ4n) is 1.59. The van der Waals surface area contributed by atoms with E-state index in [2.05, 4.69) is 11.1 Å². The largest absolute Gasteiger partial charge is 0.497 e. The van der Waals surface area contributed by atoms with Crippen molar-refractivity contribution in [2.45, 2.75) is 17.6 Å². The lowest BCUT2D eigenvalue weighted by Crippen LogP contribution is -1.89. The molecule has 96 valence electrons. The Bertz CT molecular complexity index is 603. The van der Waals surface area contributed by atoms with Gasteiger partial charge in [-0.05, 0) is 30.7 Å². The van der Waals surface area contributed by atoms with Gasteiger partial charge >= 0.3 is 0 Å². The van der Waals surface area contributed by atoms with Gasteiger partial charge in [0, 0.05) is 16.8 Å². The normalized spacial score (nSPS) is 9.95. The van der Waals surface area contributed by atoms with Gasteiger partial charge in [-0.2, -0.15) is 5.26 Å². The van der Waals surface area contributed by atoms with E-state index >= 15 is 0 Å². The Hall–Kier alpha value is -1.99. The van der Waals surface area contributed by atoms with E-state index in [4.69, 9.17) is 10.00 Å². The zero-order valence-electron chi connectivity index (χ0n) is 10.9. The number of nitriles is 1. The standard InChI is InChI=1S/C15H14N2OS/c1-11-13(8-16)7-15(9-17-11)19-10-12-3-5-14(18-2)6-4-12/h3-7,9H,10H2,1-2H3. The van der Waals surface area contributed by atoms with Crippen molar-refractivity contribution < 1.29 is 4.74 Å². The fourth-order valence-corrected chi connectivity index (χ4v) is 2.45. The minimum absolute atomic E-state index is 0.639. The second kappa shape index (κ2) is 6.26. The van der Waals surface area contributed by atoms with Crippen LogP contribution in [0.4, 0.5) is 0 Å². The summed E-state index contributed by atoms with van der Waals surface area (Å²) in [4.78, 5) is 5.24. The van der Waals surface area contributed by atoms with E-state index in [-0.39, 0.29) is 0 Å². The summed E-state index contributed by atoms with van der Waals surface area (Å²) >= 11 is 1.67. The Morgan fingerprint density at radius 2 is 2.05 bits per heavy atom. The van der Waals surface area contributed by atoms with E-state index in [0.29, 0.717) is 5.56 Å². The van der Waals surface area contributed by atoms with Gasteiger partial charge in [0.05, 0.1) is 18.4 Å². The molecule has 0 N–H and O–H groups in total. The van der Waals surface area contributed by atoms with Gasteiger partial charge in [0.2, 0.25) is 0 Å². The summed E-state index contributed by atoms with van der Waals surface area (Å²) in [5.41, 5.74) is 2.63. The number of thioether (sulfide) groups is 1. The molecule has 4 heteroatoms. The lowest BCUT2D eigenvalue weighted by atomic mass is 10.2. The Labute approximate surface area is 117 Å². The minimum atomic E-state index is 0.639. The molecule has 2 rings (SSSR count). The van der Waals surface area contributed by atoms with Crippen molar-refractivity contribution in [3.63, 3.8) is 0 Å². The van der Waals surface area contributed by atoms with Crippen molar-refractivity contribution in [3.8, 4) is 11.8 Å². The monoisotopic (exact) mass is 270 g/mol. The molecule has 2 aromatic rings. The molecule has 0 aliphatic heterocycles. The van der Waals surface area contributed by atoms with Gasteiger partial charge in [-0.1, -0.05) is 12.1 Å². The summed E-state index contributed by atoms with van der Waals surface area (Å²) in [6.45, 7) is 1.84. The third-order valence-corrected chi connectivity index (χ3v) is 3.78. The van der Waals surface area contributed by atoms with Crippen LogP contribution in [-0.2, 0) is 5.75 Å². The SMILES string of the molecule is COc1ccc(CSc2cnc(C)c(C#N)c2)cc1. The number of benzene rings is 1. The van der Waals surface area contributed by atoms with Gasteiger partial charge in [-0.15, -0.1) is 11.8 Å². The number of methoxy groups -OCH3 is 1. The molecular weight excluding hydrogens is 256 g/mol. The van der Waals surface area contributed by atoms with E-state index in [1.165, 1.54) is 5.56 Å². The fraction of sp³-hybridized carbons (Fsp3) is 0.200. The molecule has 0 saturated carbocycles. The minimum Gasteiger partial charge on any atom is -0.497 e. The molecule has 0 aliphatic carbocycles. The zero-order valence-corrected chi connectivity index (χ0v) is 11.7. The summed E-state index contributed by atoms with van der Waals surface area (Å²) in [6, 6.07) is 12.0. The Kier molecular flexibility index (Phi) is 4.43. The maximum absolute atomic E-state index is 8.97. The highest BCUT2D eigenvalue weighted by molar-refractivity contribution is 7.98. The van der Waals surface area contributed by atoms with Crippen LogP contribution in [0.2, 0.25) is 0 Å². The van der Waals surface area contributed by atoms with Gasteiger partial charge in [-0.3, -0.25) is 4.98 Å². The van der Waals surface area contributed by atoms with E-state index in [9.17, 15) is 0 Å². The van der Waals surface area contributed by atoms with Crippen molar-refractivity contribution in [2.24, 2.45) is 0 Å². The average Bonchev–Trinajstić information content (AvgIpc) is 2.47. The highest BCUT2D eigenvalue weighted by Gasteiger charge is 2.02. The first-order chi connectivity index (χ1) is 9.22. The number of hydrogen-bond acceptors (Lipinski definition) is 4. The number of nitrogens with zero attached hydrogens (tertiary/aromatic N) is 2. The summed E-state index contributed by atoms with van der Waals surface area (Å²) in [7, 11) is 1.66. The molecule has 3 nitrogen and oxygen atoms in total. The lowest BCUT2D eigenvalue weighted by Gasteiger charge is -2.05. The van der Waals surface area contributed by atoms with Crippen molar-refractivity contribution in [1.29, 1.82) is 5.26 Å². The predicted molar refractivity (Wildman–Crippen MR) is 76.2 cm³/mol. The highest BCUT2D eigenvalue weighted by Crippen LogP contribution is 2.24. The first kappa shape index (κ1) is 13.4. The molecule has 0 aliphatic rings. The second-order valence-electron chi connectivity index (χ2n) is 4.05. The van der Waals surface area contributed by atoms with E-state index in [1.54, 1.807) is 18.9 Å². The molecule has 1 aromatic heterocycles. The van der Waals surface area contributed by atoms with Crippen LogP contribution in [0.15, 0.2) is 41.4 Å². The van der Waals surface area contributed by atoms with E-state index in [0.717, 1.165) is 22.1 Å². The van der Waals surface area contributed by atoms with E-state index < -0.39 is 0 Å². The van der Waals surface area contributed by atoms with Gasteiger partial charge in [-0.25, -0.2) is 0 Å². The van der Waals surface area contributed by atoms with Crippen molar-refractivity contribution >= 4 is 11.8 Å². The molecule has 19 heavy (non-hydrogen) atoms. The molecular formula is C15H14N2OS. The molecule has 0 atom stereocenters. The molecule has 0 radical (unpaired) electrons. The molecule has 0 saturated heterocycles. The number of rotatable bonds is 4. The first-order valence-electron chi connectivity index (χ1n) is 5.85. The van der Waals surface area contributed by atoms with Crippen molar-refractivity contribution in [2.75, 3.05) is 7.11 Å². The maximum Gasteiger partial charge on any atom is 0.118 e. The van der Waals surface area contributed by atoms with Crippen LogP contribution in [0.5, 0.6) is 5.75 Å². The summed E-state index contributed by atoms with van der Waals surface area (Å²) in [6.07, 6.45) is 1.81. The molecule has 0 amide bonds. The smallest absolute Gasteiger partial charge is 0.118 e. The maximum atomic E-state index is 8.97.